The second-order valence-electron chi connectivity index (χ2n) is 2.49. The van der Waals surface area contributed by atoms with Gasteiger partial charge in [-0.1, -0.05) is 11.6 Å². The molecular weight excluding hydrogens is 273 g/mol. The number of nitrogens with zero attached hydrogens (tertiary/aromatic N) is 1. The maximum absolute atomic E-state index is 12.2. The average Bonchev–Trinajstić information content (AvgIpc) is 1.99. The lowest BCUT2D eigenvalue weighted by Gasteiger charge is -2.06. The molecule has 15 heavy (non-hydrogen) atoms. The third kappa shape index (κ3) is 2.67. The van der Waals surface area contributed by atoms with Crippen molar-refractivity contribution >= 4 is 37.0 Å². The first-order chi connectivity index (χ1) is 6.73. The standard InChI is InChI=1S/C6H4Cl2F2N2O2S/c7-5-4(15(8,13)14)2(11)1-3(12-5)6(9)10/h1,6H,(H2,11,12). The fraction of sp³-hybridized carbons (Fsp3) is 0.167. The minimum absolute atomic E-state index is 0.458. The molecule has 0 aliphatic rings. The largest absolute Gasteiger partial charge is 0.397 e. The molecule has 0 aromatic carbocycles. The van der Waals surface area contributed by atoms with E-state index in [1.807, 2.05) is 0 Å². The second kappa shape index (κ2) is 4.07. The lowest BCUT2D eigenvalue weighted by Crippen LogP contribution is -2.03. The van der Waals surface area contributed by atoms with Crippen LogP contribution < -0.4 is 5.73 Å². The molecule has 0 fully saturated rings. The Kier molecular flexibility index (Phi) is 3.37. The number of pyridine rings is 1. The molecule has 0 saturated carbocycles. The molecule has 0 radical (unpaired) electrons. The summed E-state index contributed by atoms with van der Waals surface area (Å²) in [6, 6.07) is 0.714. The van der Waals surface area contributed by atoms with E-state index in [9.17, 15) is 17.2 Å². The summed E-state index contributed by atoms with van der Waals surface area (Å²) in [6.45, 7) is 0. The van der Waals surface area contributed by atoms with Gasteiger partial charge in [0, 0.05) is 10.7 Å². The van der Waals surface area contributed by atoms with Crippen LogP contribution in [0.15, 0.2) is 11.0 Å². The summed E-state index contributed by atoms with van der Waals surface area (Å²) in [4.78, 5) is 2.51. The molecule has 0 amide bonds. The molecule has 1 rings (SSSR count). The van der Waals surface area contributed by atoms with Crippen LogP contribution >= 0.6 is 22.3 Å². The van der Waals surface area contributed by atoms with Gasteiger partial charge in [-0.2, -0.15) is 0 Å². The van der Waals surface area contributed by atoms with Gasteiger partial charge >= 0.3 is 0 Å². The molecule has 9 heteroatoms. The Balaban J connectivity index is 3.48. The van der Waals surface area contributed by atoms with Gasteiger partial charge < -0.3 is 5.73 Å². The van der Waals surface area contributed by atoms with Crippen LogP contribution in [0.3, 0.4) is 0 Å². The smallest absolute Gasteiger partial charge is 0.280 e. The van der Waals surface area contributed by atoms with Crippen molar-refractivity contribution in [3.63, 3.8) is 0 Å². The summed E-state index contributed by atoms with van der Waals surface area (Å²) in [5.41, 5.74) is 4.06. The Hall–Kier alpha value is -0.660. The summed E-state index contributed by atoms with van der Waals surface area (Å²) >= 11 is 5.38. The van der Waals surface area contributed by atoms with Crippen molar-refractivity contribution in [3.8, 4) is 0 Å². The first kappa shape index (κ1) is 12.4. The Labute approximate surface area is 93.4 Å². The van der Waals surface area contributed by atoms with Gasteiger partial charge in [-0.25, -0.2) is 22.2 Å². The molecular formula is C6H4Cl2F2N2O2S. The number of alkyl halides is 2. The molecule has 0 bridgehead atoms. The Bertz CT molecular complexity index is 469. The maximum atomic E-state index is 12.2. The maximum Gasteiger partial charge on any atom is 0.280 e. The first-order valence-electron chi connectivity index (χ1n) is 3.42. The predicted molar refractivity (Wildman–Crippen MR) is 51.7 cm³/mol. The van der Waals surface area contributed by atoms with Crippen molar-refractivity contribution < 1.29 is 17.2 Å². The number of nitrogen functional groups attached to an aromatic ring is 1. The molecule has 84 valence electrons. The number of hydrogen-bond donors (Lipinski definition) is 1. The van der Waals surface area contributed by atoms with Crippen LogP contribution in [0.5, 0.6) is 0 Å². The van der Waals surface area contributed by atoms with Crippen LogP contribution in [-0.4, -0.2) is 13.4 Å². The van der Waals surface area contributed by atoms with Crippen LogP contribution in [0.25, 0.3) is 0 Å². The van der Waals surface area contributed by atoms with Crippen molar-refractivity contribution in [2.75, 3.05) is 5.73 Å². The average molecular weight is 277 g/mol. The molecule has 0 aliphatic carbocycles. The number of anilines is 1. The van der Waals surface area contributed by atoms with Crippen LogP contribution in [0.1, 0.15) is 12.1 Å². The SMILES string of the molecule is Nc1cc(C(F)F)nc(Cl)c1S(=O)(=O)Cl. The molecule has 0 saturated heterocycles. The number of rotatable bonds is 2. The molecule has 0 unspecified atom stereocenters. The van der Waals surface area contributed by atoms with Gasteiger partial charge in [0.1, 0.15) is 10.6 Å². The summed E-state index contributed by atoms with van der Waals surface area (Å²) in [6.07, 6.45) is -2.89. The number of halogens is 4. The van der Waals surface area contributed by atoms with E-state index in [1.165, 1.54) is 0 Å². The van der Waals surface area contributed by atoms with E-state index in [0.29, 0.717) is 6.07 Å². The highest BCUT2D eigenvalue weighted by atomic mass is 35.7. The third-order valence-corrected chi connectivity index (χ3v) is 3.21. The van der Waals surface area contributed by atoms with Gasteiger partial charge in [0.15, 0.2) is 5.15 Å². The van der Waals surface area contributed by atoms with Gasteiger partial charge in [-0.05, 0) is 6.07 Å². The molecule has 0 spiro atoms. The molecule has 0 aliphatic heterocycles. The highest BCUT2D eigenvalue weighted by molar-refractivity contribution is 8.14. The van der Waals surface area contributed by atoms with E-state index in [1.54, 1.807) is 0 Å². The summed E-state index contributed by atoms with van der Waals surface area (Å²) in [5.74, 6) is 0. The highest BCUT2D eigenvalue weighted by Crippen LogP contribution is 2.31. The van der Waals surface area contributed by atoms with E-state index < -0.39 is 36.9 Å². The lowest BCUT2D eigenvalue weighted by molar-refractivity contribution is 0.146. The van der Waals surface area contributed by atoms with E-state index in [4.69, 9.17) is 28.0 Å². The third-order valence-electron chi connectivity index (χ3n) is 1.45. The van der Waals surface area contributed by atoms with Crippen molar-refractivity contribution in [1.29, 1.82) is 0 Å². The Morgan fingerprint density at radius 3 is 2.33 bits per heavy atom. The van der Waals surface area contributed by atoms with Crippen molar-refractivity contribution in [2.24, 2.45) is 0 Å². The zero-order valence-corrected chi connectivity index (χ0v) is 9.24. The minimum atomic E-state index is -4.20. The first-order valence-corrected chi connectivity index (χ1v) is 6.11. The van der Waals surface area contributed by atoms with E-state index in [2.05, 4.69) is 4.98 Å². The zero-order chi connectivity index (χ0) is 11.8. The van der Waals surface area contributed by atoms with Crippen molar-refractivity contribution in [3.05, 3.63) is 16.9 Å². The molecule has 0 atom stereocenters. The predicted octanol–water partition coefficient (Wildman–Crippen LogP) is 2.18. The van der Waals surface area contributed by atoms with Crippen LogP contribution in [0, 0.1) is 0 Å². The Morgan fingerprint density at radius 1 is 1.47 bits per heavy atom. The van der Waals surface area contributed by atoms with Gasteiger partial charge in [-0.15, -0.1) is 0 Å². The summed E-state index contributed by atoms with van der Waals surface area (Å²) < 4.78 is 46.3. The van der Waals surface area contributed by atoms with Gasteiger partial charge in [0.05, 0.1) is 5.69 Å². The van der Waals surface area contributed by atoms with Crippen LogP contribution in [0.4, 0.5) is 14.5 Å². The van der Waals surface area contributed by atoms with Gasteiger partial charge in [-0.3, -0.25) is 0 Å². The zero-order valence-electron chi connectivity index (χ0n) is 6.92. The van der Waals surface area contributed by atoms with E-state index in [-0.39, 0.29) is 0 Å². The van der Waals surface area contributed by atoms with Crippen LogP contribution in [0.2, 0.25) is 5.15 Å². The van der Waals surface area contributed by atoms with Gasteiger partial charge in [0.2, 0.25) is 0 Å². The second-order valence-corrected chi connectivity index (χ2v) is 5.36. The summed E-state index contributed by atoms with van der Waals surface area (Å²) in [7, 11) is 0.783. The highest BCUT2D eigenvalue weighted by Gasteiger charge is 2.23. The number of aromatic nitrogens is 1. The van der Waals surface area contributed by atoms with Gasteiger partial charge in [0.25, 0.3) is 15.5 Å². The van der Waals surface area contributed by atoms with Crippen molar-refractivity contribution in [1.82, 2.24) is 4.98 Å². The topological polar surface area (TPSA) is 73.0 Å². The van der Waals surface area contributed by atoms with E-state index in [0.717, 1.165) is 0 Å². The van der Waals surface area contributed by atoms with Crippen molar-refractivity contribution in [2.45, 2.75) is 11.3 Å². The molecule has 1 aromatic heterocycles. The molecule has 2 N–H and O–H groups in total. The fourth-order valence-electron chi connectivity index (χ4n) is 0.894. The molecule has 1 aromatic rings. The number of nitrogens with two attached hydrogens (primary N) is 1. The molecule has 1 heterocycles. The fourth-order valence-corrected chi connectivity index (χ4v) is 2.60. The van der Waals surface area contributed by atoms with E-state index >= 15 is 0 Å². The number of hydrogen-bond acceptors (Lipinski definition) is 4. The quantitative estimate of drug-likeness (QED) is 0.664. The minimum Gasteiger partial charge on any atom is -0.397 e. The molecule has 4 nitrogen and oxygen atoms in total. The normalized spacial score (nSPS) is 12.1. The summed E-state index contributed by atoms with van der Waals surface area (Å²) in [5, 5.41) is -0.666. The Morgan fingerprint density at radius 2 is 2.00 bits per heavy atom. The monoisotopic (exact) mass is 276 g/mol. The van der Waals surface area contributed by atoms with Crippen LogP contribution in [-0.2, 0) is 9.05 Å². The lowest BCUT2D eigenvalue weighted by atomic mass is 10.3.